The van der Waals surface area contributed by atoms with Crippen LogP contribution in [0.5, 0.6) is 0 Å². The fourth-order valence-electron chi connectivity index (χ4n) is 3.08. The Morgan fingerprint density at radius 1 is 1.32 bits per heavy atom. The van der Waals surface area contributed by atoms with E-state index in [1.165, 1.54) is 19.4 Å². The fraction of sp³-hybridized carbons (Fsp3) is 1.00. The van der Waals surface area contributed by atoms with E-state index in [9.17, 15) is 0 Å². The average molecular weight is 270 g/mol. The Morgan fingerprint density at radius 2 is 2.11 bits per heavy atom. The van der Waals surface area contributed by atoms with Crippen molar-refractivity contribution in [2.75, 3.05) is 33.3 Å². The molecular formula is C15H30N2O2. The second-order valence-corrected chi connectivity index (χ2v) is 6.91. The van der Waals surface area contributed by atoms with Gasteiger partial charge in [0.25, 0.3) is 0 Å². The molecule has 0 aliphatic carbocycles. The Kier molecular flexibility index (Phi) is 5.23. The molecule has 2 unspecified atom stereocenters. The minimum absolute atomic E-state index is 0.106. The summed E-state index contributed by atoms with van der Waals surface area (Å²) in [7, 11) is 2.20. The van der Waals surface area contributed by atoms with Gasteiger partial charge in [0.1, 0.15) is 0 Å². The molecule has 0 saturated carbocycles. The number of ether oxygens (including phenoxy) is 2. The van der Waals surface area contributed by atoms with Gasteiger partial charge in [-0.1, -0.05) is 0 Å². The Balaban J connectivity index is 1.89. The standard InChI is InChI=1S/C15H30N2O2/c1-15(2,3)19-14(13-6-5-9-17(13)4)11-18-12-7-8-16-10-12/h12-14,16H,5-11H2,1-4H3/t12?,13-,14?/m0/s1. The predicted octanol–water partition coefficient (Wildman–Crippen LogP) is 1.64. The van der Waals surface area contributed by atoms with Gasteiger partial charge in [-0.3, -0.25) is 0 Å². The van der Waals surface area contributed by atoms with Crippen molar-refractivity contribution in [3.63, 3.8) is 0 Å². The van der Waals surface area contributed by atoms with Gasteiger partial charge in [-0.05, 0) is 60.2 Å². The summed E-state index contributed by atoms with van der Waals surface area (Å²) in [5.41, 5.74) is -0.106. The molecule has 2 aliphatic rings. The lowest BCUT2D eigenvalue weighted by atomic mass is 10.1. The highest BCUT2D eigenvalue weighted by Gasteiger charge is 2.33. The number of likely N-dealkylation sites (N-methyl/N-ethyl adjacent to an activating group) is 1. The summed E-state index contributed by atoms with van der Waals surface area (Å²) in [6.07, 6.45) is 4.19. The molecule has 2 rings (SSSR count). The van der Waals surface area contributed by atoms with Gasteiger partial charge >= 0.3 is 0 Å². The molecule has 112 valence electrons. The van der Waals surface area contributed by atoms with Gasteiger partial charge in [-0.25, -0.2) is 0 Å². The first-order valence-electron chi connectivity index (χ1n) is 7.66. The smallest absolute Gasteiger partial charge is 0.0970 e. The van der Waals surface area contributed by atoms with Crippen molar-refractivity contribution in [2.24, 2.45) is 0 Å². The van der Waals surface area contributed by atoms with E-state index in [1.807, 2.05) is 0 Å². The summed E-state index contributed by atoms with van der Waals surface area (Å²) in [5, 5.41) is 3.35. The lowest BCUT2D eigenvalue weighted by Gasteiger charge is -2.35. The van der Waals surface area contributed by atoms with E-state index in [-0.39, 0.29) is 11.7 Å². The largest absolute Gasteiger partial charge is 0.374 e. The number of hydrogen-bond acceptors (Lipinski definition) is 4. The van der Waals surface area contributed by atoms with Crippen LogP contribution in [0.3, 0.4) is 0 Å². The topological polar surface area (TPSA) is 33.7 Å². The lowest BCUT2D eigenvalue weighted by molar-refractivity contribution is -0.125. The zero-order valence-electron chi connectivity index (χ0n) is 12.9. The molecule has 4 nitrogen and oxygen atoms in total. The third-order valence-electron chi connectivity index (χ3n) is 4.02. The number of rotatable bonds is 5. The first-order chi connectivity index (χ1) is 8.96. The first kappa shape index (κ1) is 15.2. The second kappa shape index (κ2) is 6.53. The highest BCUT2D eigenvalue weighted by molar-refractivity contribution is 4.86. The van der Waals surface area contributed by atoms with Crippen molar-refractivity contribution in [2.45, 2.75) is 63.9 Å². The van der Waals surface area contributed by atoms with Gasteiger partial charge in [0.15, 0.2) is 0 Å². The quantitative estimate of drug-likeness (QED) is 0.823. The summed E-state index contributed by atoms with van der Waals surface area (Å²) in [4.78, 5) is 2.42. The van der Waals surface area contributed by atoms with Crippen molar-refractivity contribution in [3.05, 3.63) is 0 Å². The fourth-order valence-corrected chi connectivity index (χ4v) is 3.08. The SMILES string of the molecule is CN1CCC[C@H]1C(COC1CCNC1)OC(C)(C)C. The van der Waals surface area contributed by atoms with Crippen LogP contribution < -0.4 is 5.32 Å². The first-order valence-corrected chi connectivity index (χ1v) is 7.66. The van der Waals surface area contributed by atoms with E-state index < -0.39 is 0 Å². The highest BCUT2D eigenvalue weighted by atomic mass is 16.6. The number of nitrogens with zero attached hydrogens (tertiary/aromatic N) is 1. The van der Waals surface area contributed by atoms with Gasteiger partial charge in [-0.2, -0.15) is 0 Å². The van der Waals surface area contributed by atoms with Crippen molar-refractivity contribution in [1.82, 2.24) is 10.2 Å². The zero-order chi connectivity index (χ0) is 13.9. The molecule has 2 fully saturated rings. The van der Waals surface area contributed by atoms with Gasteiger partial charge in [0.2, 0.25) is 0 Å². The van der Waals surface area contributed by atoms with Crippen LogP contribution in [-0.4, -0.2) is 62.0 Å². The molecule has 0 bridgehead atoms. The molecule has 2 saturated heterocycles. The van der Waals surface area contributed by atoms with Gasteiger partial charge < -0.3 is 19.7 Å². The summed E-state index contributed by atoms with van der Waals surface area (Å²) in [5.74, 6) is 0. The number of hydrogen-bond donors (Lipinski definition) is 1. The molecule has 2 heterocycles. The van der Waals surface area contributed by atoms with Crippen LogP contribution in [0.15, 0.2) is 0 Å². The molecule has 19 heavy (non-hydrogen) atoms. The average Bonchev–Trinajstić information content (AvgIpc) is 2.93. The molecule has 0 amide bonds. The van der Waals surface area contributed by atoms with Crippen LogP contribution >= 0.6 is 0 Å². The molecule has 0 spiro atoms. The van der Waals surface area contributed by atoms with Crippen molar-refractivity contribution in [1.29, 1.82) is 0 Å². The lowest BCUT2D eigenvalue weighted by Crippen LogP contribution is -2.45. The minimum atomic E-state index is -0.106. The summed E-state index contributed by atoms with van der Waals surface area (Å²) in [6.45, 7) is 10.4. The maximum absolute atomic E-state index is 6.26. The van der Waals surface area contributed by atoms with Crippen LogP contribution in [0.25, 0.3) is 0 Å². The van der Waals surface area contributed by atoms with Crippen molar-refractivity contribution in [3.8, 4) is 0 Å². The van der Waals surface area contributed by atoms with Crippen LogP contribution in [0.2, 0.25) is 0 Å². The van der Waals surface area contributed by atoms with Gasteiger partial charge in [0, 0.05) is 12.6 Å². The normalized spacial score (nSPS) is 30.9. The zero-order valence-corrected chi connectivity index (χ0v) is 12.9. The predicted molar refractivity (Wildman–Crippen MR) is 77.5 cm³/mol. The highest BCUT2D eigenvalue weighted by Crippen LogP contribution is 2.24. The Bertz CT molecular complexity index is 272. The van der Waals surface area contributed by atoms with Crippen molar-refractivity contribution >= 4 is 0 Å². The van der Waals surface area contributed by atoms with Crippen LogP contribution in [0.4, 0.5) is 0 Å². The third-order valence-corrected chi connectivity index (χ3v) is 4.02. The van der Waals surface area contributed by atoms with E-state index in [0.717, 1.165) is 26.1 Å². The van der Waals surface area contributed by atoms with Gasteiger partial charge in [-0.15, -0.1) is 0 Å². The molecule has 0 aromatic rings. The summed E-state index contributed by atoms with van der Waals surface area (Å²) < 4.78 is 12.3. The van der Waals surface area contributed by atoms with E-state index >= 15 is 0 Å². The number of nitrogens with one attached hydrogen (secondary N) is 1. The van der Waals surface area contributed by atoms with E-state index in [2.05, 4.69) is 38.0 Å². The molecule has 2 aliphatic heterocycles. The molecule has 0 aromatic carbocycles. The summed E-state index contributed by atoms with van der Waals surface area (Å²) in [6, 6.07) is 0.508. The summed E-state index contributed by atoms with van der Waals surface area (Å²) >= 11 is 0. The van der Waals surface area contributed by atoms with Crippen LogP contribution in [0.1, 0.15) is 40.0 Å². The van der Waals surface area contributed by atoms with Crippen LogP contribution in [0, 0.1) is 0 Å². The molecular weight excluding hydrogens is 240 g/mol. The van der Waals surface area contributed by atoms with Gasteiger partial charge in [0.05, 0.1) is 24.4 Å². The van der Waals surface area contributed by atoms with E-state index in [4.69, 9.17) is 9.47 Å². The molecule has 0 aromatic heterocycles. The minimum Gasteiger partial charge on any atom is -0.374 e. The molecule has 0 radical (unpaired) electrons. The number of likely N-dealkylation sites (tertiary alicyclic amines) is 1. The Morgan fingerprint density at radius 3 is 2.63 bits per heavy atom. The van der Waals surface area contributed by atoms with E-state index in [1.54, 1.807) is 0 Å². The second-order valence-electron chi connectivity index (χ2n) is 6.91. The maximum atomic E-state index is 6.26. The Hall–Kier alpha value is -0.160. The molecule has 1 N–H and O–H groups in total. The Labute approximate surface area is 117 Å². The molecule has 4 heteroatoms. The van der Waals surface area contributed by atoms with Crippen LogP contribution in [-0.2, 0) is 9.47 Å². The third kappa shape index (κ3) is 4.71. The van der Waals surface area contributed by atoms with E-state index in [0.29, 0.717) is 12.1 Å². The maximum Gasteiger partial charge on any atom is 0.0970 e. The van der Waals surface area contributed by atoms with Crippen molar-refractivity contribution < 1.29 is 9.47 Å². The monoisotopic (exact) mass is 270 g/mol. The molecule has 3 atom stereocenters.